The number of methoxy groups -OCH3 is 1. The molecule has 1 N–H and O–H groups in total. The average molecular weight is 181 g/mol. The van der Waals surface area contributed by atoms with Crippen LogP contribution in [0.5, 0.6) is 0 Å². The average Bonchev–Trinajstić information content (AvgIpc) is 2.08. The summed E-state index contributed by atoms with van der Waals surface area (Å²) in [6.07, 6.45) is 1.57. The highest BCUT2D eigenvalue weighted by Crippen LogP contribution is 2.02. The number of carboxylic acid groups (broad SMARTS) is 1. The second-order valence-electron chi connectivity index (χ2n) is 2.66. The van der Waals surface area contributed by atoms with Crippen LogP contribution in [-0.2, 0) is 22.6 Å². The van der Waals surface area contributed by atoms with Crippen molar-refractivity contribution >= 4 is 5.97 Å². The molecule has 0 aliphatic heterocycles. The van der Waals surface area contributed by atoms with Gasteiger partial charge in [-0.25, -0.2) is 0 Å². The van der Waals surface area contributed by atoms with Crippen molar-refractivity contribution < 1.29 is 14.6 Å². The predicted octanol–water partition coefficient (Wildman–Crippen LogP) is 0.855. The molecule has 1 aromatic heterocycles. The van der Waals surface area contributed by atoms with Gasteiger partial charge < -0.3 is 9.84 Å². The number of nitrogens with zero attached hydrogens (tertiary/aromatic N) is 1. The van der Waals surface area contributed by atoms with Crippen molar-refractivity contribution in [3.63, 3.8) is 0 Å². The Morgan fingerprint density at radius 2 is 2.38 bits per heavy atom. The lowest BCUT2D eigenvalue weighted by Crippen LogP contribution is -2.01. The molecule has 1 aromatic rings. The summed E-state index contributed by atoms with van der Waals surface area (Å²) < 4.78 is 4.87. The molecule has 0 aliphatic carbocycles. The maximum absolute atomic E-state index is 10.3. The first-order valence-corrected chi connectivity index (χ1v) is 3.87. The highest BCUT2D eigenvalue weighted by atomic mass is 16.5. The summed E-state index contributed by atoms with van der Waals surface area (Å²) >= 11 is 0. The molecule has 0 fully saturated rings. The lowest BCUT2D eigenvalue weighted by molar-refractivity contribution is -0.136. The molecule has 0 saturated heterocycles. The molecule has 4 heteroatoms. The van der Waals surface area contributed by atoms with Gasteiger partial charge in [0.05, 0.1) is 18.7 Å². The molecule has 0 aromatic carbocycles. The fraction of sp³-hybridized carbons (Fsp3) is 0.333. The van der Waals surface area contributed by atoms with Crippen molar-refractivity contribution in [1.29, 1.82) is 0 Å². The number of hydrogen-bond acceptors (Lipinski definition) is 3. The zero-order valence-corrected chi connectivity index (χ0v) is 7.36. The van der Waals surface area contributed by atoms with Crippen LogP contribution in [0.4, 0.5) is 0 Å². The molecule has 13 heavy (non-hydrogen) atoms. The normalized spacial score (nSPS) is 9.92. The van der Waals surface area contributed by atoms with E-state index < -0.39 is 5.97 Å². The van der Waals surface area contributed by atoms with Crippen molar-refractivity contribution in [2.24, 2.45) is 0 Å². The van der Waals surface area contributed by atoms with Gasteiger partial charge in [0.15, 0.2) is 0 Å². The third-order valence-electron chi connectivity index (χ3n) is 1.53. The van der Waals surface area contributed by atoms with Gasteiger partial charge in [0, 0.05) is 13.3 Å². The topological polar surface area (TPSA) is 59.4 Å². The Morgan fingerprint density at radius 3 is 2.85 bits per heavy atom. The largest absolute Gasteiger partial charge is 0.481 e. The van der Waals surface area contributed by atoms with E-state index in [1.807, 2.05) is 0 Å². The highest BCUT2D eigenvalue weighted by Gasteiger charge is 2.00. The Balaban J connectivity index is 2.64. The standard InChI is InChI=1S/C9H11NO3/c1-13-6-8-3-2-7(5-10-8)4-9(11)12/h2-3,5H,4,6H2,1H3,(H,11,12). The van der Waals surface area contributed by atoms with E-state index in [2.05, 4.69) is 4.98 Å². The summed E-state index contributed by atoms with van der Waals surface area (Å²) in [7, 11) is 1.59. The molecule has 70 valence electrons. The van der Waals surface area contributed by atoms with Gasteiger partial charge in [-0.05, 0) is 11.6 Å². The first kappa shape index (κ1) is 9.67. The van der Waals surface area contributed by atoms with E-state index in [9.17, 15) is 4.79 Å². The van der Waals surface area contributed by atoms with E-state index in [0.29, 0.717) is 12.2 Å². The molecule has 0 bridgehead atoms. The zero-order valence-electron chi connectivity index (χ0n) is 7.36. The molecule has 0 unspecified atom stereocenters. The zero-order chi connectivity index (χ0) is 9.68. The smallest absolute Gasteiger partial charge is 0.307 e. The quantitative estimate of drug-likeness (QED) is 0.748. The highest BCUT2D eigenvalue weighted by molar-refractivity contribution is 5.69. The van der Waals surface area contributed by atoms with Crippen LogP contribution in [0.2, 0.25) is 0 Å². The summed E-state index contributed by atoms with van der Waals surface area (Å²) in [5.41, 5.74) is 1.50. The van der Waals surface area contributed by atoms with Crippen LogP contribution in [0.25, 0.3) is 0 Å². The summed E-state index contributed by atoms with van der Waals surface area (Å²) in [4.78, 5) is 14.4. The lowest BCUT2D eigenvalue weighted by atomic mass is 10.2. The minimum atomic E-state index is -0.846. The third kappa shape index (κ3) is 3.21. The van der Waals surface area contributed by atoms with Gasteiger partial charge in [0.1, 0.15) is 0 Å². The lowest BCUT2D eigenvalue weighted by Gasteiger charge is -1.99. The number of ether oxygens (including phenoxy) is 1. The Labute approximate surface area is 76.2 Å². The van der Waals surface area contributed by atoms with Crippen LogP contribution in [0.1, 0.15) is 11.3 Å². The van der Waals surface area contributed by atoms with E-state index >= 15 is 0 Å². The molecule has 4 nitrogen and oxygen atoms in total. The summed E-state index contributed by atoms with van der Waals surface area (Å²) in [6.45, 7) is 0.452. The van der Waals surface area contributed by atoms with E-state index in [1.165, 1.54) is 0 Å². The summed E-state index contributed by atoms with van der Waals surface area (Å²) in [5, 5.41) is 8.49. The predicted molar refractivity (Wildman–Crippen MR) is 46.3 cm³/mol. The number of carboxylic acids is 1. The molecular formula is C9H11NO3. The van der Waals surface area contributed by atoms with Crippen LogP contribution in [0, 0.1) is 0 Å². The van der Waals surface area contributed by atoms with E-state index in [4.69, 9.17) is 9.84 Å². The van der Waals surface area contributed by atoms with Gasteiger partial charge in [-0.15, -0.1) is 0 Å². The number of hydrogen-bond donors (Lipinski definition) is 1. The van der Waals surface area contributed by atoms with E-state index in [1.54, 1.807) is 25.4 Å². The fourth-order valence-corrected chi connectivity index (χ4v) is 0.968. The molecular weight excluding hydrogens is 170 g/mol. The van der Waals surface area contributed by atoms with Crippen molar-refractivity contribution in [2.45, 2.75) is 13.0 Å². The molecule has 0 aliphatic rings. The van der Waals surface area contributed by atoms with E-state index in [-0.39, 0.29) is 6.42 Å². The molecule has 1 rings (SSSR count). The minimum Gasteiger partial charge on any atom is -0.481 e. The molecule has 0 atom stereocenters. The second-order valence-corrected chi connectivity index (χ2v) is 2.66. The van der Waals surface area contributed by atoms with E-state index in [0.717, 1.165) is 5.69 Å². The molecule has 0 spiro atoms. The number of carbonyl (C=O) groups is 1. The van der Waals surface area contributed by atoms with Crippen molar-refractivity contribution in [1.82, 2.24) is 4.98 Å². The molecule has 0 saturated carbocycles. The van der Waals surface area contributed by atoms with Crippen LogP contribution in [0.3, 0.4) is 0 Å². The second kappa shape index (κ2) is 4.57. The summed E-state index contributed by atoms with van der Waals surface area (Å²) in [5.74, 6) is -0.846. The number of aliphatic carboxylic acids is 1. The van der Waals surface area contributed by atoms with Gasteiger partial charge in [-0.3, -0.25) is 9.78 Å². The Hall–Kier alpha value is -1.42. The number of pyridine rings is 1. The molecule has 1 heterocycles. The fourth-order valence-electron chi connectivity index (χ4n) is 0.968. The monoisotopic (exact) mass is 181 g/mol. The number of rotatable bonds is 4. The van der Waals surface area contributed by atoms with Crippen LogP contribution < -0.4 is 0 Å². The number of aromatic nitrogens is 1. The van der Waals surface area contributed by atoms with Gasteiger partial charge in [0.25, 0.3) is 0 Å². The van der Waals surface area contributed by atoms with Crippen LogP contribution in [-0.4, -0.2) is 23.2 Å². The Kier molecular flexibility index (Phi) is 3.40. The van der Waals surface area contributed by atoms with Crippen molar-refractivity contribution in [3.8, 4) is 0 Å². The Morgan fingerprint density at radius 1 is 1.62 bits per heavy atom. The molecule has 0 radical (unpaired) electrons. The maximum Gasteiger partial charge on any atom is 0.307 e. The minimum absolute atomic E-state index is 0.0141. The van der Waals surface area contributed by atoms with Crippen molar-refractivity contribution in [2.75, 3.05) is 7.11 Å². The van der Waals surface area contributed by atoms with Gasteiger partial charge in [0.2, 0.25) is 0 Å². The maximum atomic E-state index is 10.3. The SMILES string of the molecule is COCc1ccc(CC(=O)O)cn1. The Bertz CT molecular complexity index is 281. The van der Waals surface area contributed by atoms with Crippen LogP contribution >= 0.6 is 0 Å². The first-order valence-electron chi connectivity index (χ1n) is 3.87. The molecule has 0 amide bonds. The van der Waals surface area contributed by atoms with Gasteiger partial charge >= 0.3 is 5.97 Å². The van der Waals surface area contributed by atoms with Gasteiger partial charge in [-0.2, -0.15) is 0 Å². The first-order chi connectivity index (χ1) is 6.22. The third-order valence-corrected chi connectivity index (χ3v) is 1.53. The summed E-state index contributed by atoms with van der Waals surface area (Å²) in [6, 6.07) is 3.51. The van der Waals surface area contributed by atoms with Crippen LogP contribution in [0.15, 0.2) is 18.3 Å². The van der Waals surface area contributed by atoms with Crippen molar-refractivity contribution in [3.05, 3.63) is 29.6 Å². The van der Waals surface area contributed by atoms with Gasteiger partial charge in [-0.1, -0.05) is 6.07 Å².